The van der Waals surface area contributed by atoms with E-state index in [2.05, 4.69) is 16.0 Å². The lowest BCUT2D eigenvalue weighted by molar-refractivity contribution is -0.114. The van der Waals surface area contributed by atoms with E-state index in [1.807, 2.05) is 69.3 Å². The number of rotatable bonds is 7. The highest BCUT2D eigenvalue weighted by Gasteiger charge is 2.11. The fourth-order valence-corrected chi connectivity index (χ4v) is 3.11. The molecule has 0 heterocycles. The minimum Gasteiger partial charge on any atom is -0.376 e. The molecule has 1 atom stereocenters. The topological polar surface area (TPSA) is 70.2 Å². The third-order valence-electron chi connectivity index (χ3n) is 5.13. The second-order valence-corrected chi connectivity index (χ2v) is 7.33. The fourth-order valence-electron chi connectivity index (χ4n) is 3.11. The summed E-state index contributed by atoms with van der Waals surface area (Å²) >= 11 is 0. The van der Waals surface area contributed by atoms with Crippen molar-refractivity contribution in [2.75, 3.05) is 17.2 Å². The van der Waals surface area contributed by atoms with E-state index < -0.39 is 0 Å². The van der Waals surface area contributed by atoms with E-state index in [1.165, 1.54) is 0 Å². The highest BCUT2D eigenvalue weighted by atomic mass is 16.2. The molecule has 154 valence electrons. The summed E-state index contributed by atoms with van der Waals surface area (Å²) in [4.78, 5) is 24.7. The third kappa shape index (κ3) is 5.47. The first-order chi connectivity index (χ1) is 14.4. The number of benzene rings is 3. The first-order valence-electron chi connectivity index (χ1n) is 10.00. The SMILES string of the molecule is Cc1cccc(NC(=O)CNc2ccc(C(=O)NC(C)c3ccccc3)cc2)c1C. The zero-order valence-corrected chi connectivity index (χ0v) is 17.5. The van der Waals surface area contributed by atoms with Gasteiger partial charge in [-0.3, -0.25) is 9.59 Å². The van der Waals surface area contributed by atoms with E-state index in [0.717, 1.165) is 28.1 Å². The van der Waals surface area contributed by atoms with Crippen molar-refractivity contribution >= 4 is 23.2 Å². The van der Waals surface area contributed by atoms with Crippen LogP contribution < -0.4 is 16.0 Å². The van der Waals surface area contributed by atoms with Gasteiger partial charge in [0.15, 0.2) is 0 Å². The third-order valence-corrected chi connectivity index (χ3v) is 5.13. The Kier molecular flexibility index (Phi) is 6.86. The molecule has 0 radical (unpaired) electrons. The van der Waals surface area contributed by atoms with Gasteiger partial charge in [0.1, 0.15) is 0 Å². The summed E-state index contributed by atoms with van der Waals surface area (Å²) in [5.41, 5.74) is 5.42. The maximum atomic E-state index is 12.5. The highest BCUT2D eigenvalue weighted by Crippen LogP contribution is 2.18. The molecular weight excluding hydrogens is 374 g/mol. The number of nitrogens with one attached hydrogen (secondary N) is 3. The van der Waals surface area contributed by atoms with Crippen molar-refractivity contribution in [3.63, 3.8) is 0 Å². The van der Waals surface area contributed by atoms with E-state index in [-0.39, 0.29) is 24.4 Å². The summed E-state index contributed by atoms with van der Waals surface area (Å²) in [6.07, 6.45) is 0. The van der Waals surface area contributed by atoms with Gasteiger partial charge in [0.2, 0.25) is 5.91 Å². The summed E-state index contributed by atoms with van der Waals surface area (Å²) in [5, 5.41) is 9.01. The van der Waals surface area contributed by atoms with Gasteiger partial charge in [0.05, 0.1) is 12.6 Å². The second kappa shape index (κ2) is 9.74. The maximum Gasteiger partial charge on any atom is 0.251 e. The van der Waals surface area contributed by atoms with Crippen LogP contribution in [0.15, 0.2) is 72.8 Å². The number of carbonyl (C=O) groups is 2. The minimum absolute atomic E-state index is 0.0784. The summed E-state index contributed by atoms with van der Waals surface area (Å²) in [6, 6.07) is 22.7. The Bertz CT molecular complexity index is 1010. The number of hydrogen-bond donors (Lipinski definition) is 3. The monoisotopic (exact) mass is 401 g/mol. The number of amides is 2. The van der Waals surface area contributed by atoms with Crippen LogP contribution >= 0.6 is 0 Å². The second-order valence-electron chi connectivity index (χ2n) is 7.33. The Balaban J connectivity index is 1.52. The van der Waals surface area contributed by atoms with Crippen LogP contribution in [0.25, 0.3) is 0 Å². The normalized spacial score (nSPS) is 11.4. The molecule has 0 saturated carbocycles. The van der Waals surface area contributed by atoms with Crippen LogP contribution in [0.2, 0.25) is 0 Å². The van der Waals surface area contributed by atoms with E-state index in [4.69, 9.17) is 0 Å². The molecule has 0 fully saturated rings. The Morgan fingerprint density at radius 1 is 0.867 bits per heavy atom. The van der Waals surface area contributed by atoms with Gasteiger partial charge in [-0.25, -0.2) is 0 Å². The van der Waals surface area contributed by atoms with Crippen LogP contribution in [0, 0.1) is 13.8 Å². The molecule has 0 aromatic heterocycles. The summed E-state index contributed by atoms with van der Waals surface area (Å²) in [6.45, 7) is 6.10. The van der Waals surface area contributed by atoms with Crippen LogP contribution in [0.4, 0.5) is 11.4 Å². The lowest BCUT2D eigenvalue weighted by Crippen LogP contribution is -2.26. The molecule has 0 aliphatic heterocycles. The van der Waals surface area contributed by atoms with Crippen LogP contribution in [0.3, 0.4) is 0 Å². The van der Waals surface area contributed by atoms with Gasteiger partial charge in [-0.2, -0.15) is 0 Å². The van der Waals surface area contributed by atoms with E-state index in [0.29, 0.717) is 5.56 Å². The largest absolute Gasteiger partial charge is 0.376 e. The van der Waals surface area contributed by atoms with Crippen molar-refractivity contribution in [3.05, 3.63) is 95.1 Å². The maximum absolute atomic E-state index is 12.5. The first-order valence-corrected chi connectivity index (χ1v) is 10.00. The molecule has 5 nitrogen and oxygen atoms in total. The standard InChI is InChI=1S/C25H27N3O2/c1-17-8-7-11-23(18(17)2)28-24(29)16-26-22-14-12-21(13-15-22)25(30)27-19(3)20-9-5-4-6-10-20/h4-15,19,26H,16H2,1-3H3,(H,27,30)(H,28,29). The van der Waals surface area contributed by atoms with E-state index in [1.54, 1.807) is 24.3 Å². The molecule has 3 rings (SSSR count). The molecule has 0 aliphatic carbocycles. The predicted molar refractivity (Wildman–Crippen MR) is 122 cm³/mol. The molecule has 30 heavy (non-hydrogen) atoms. The zero-order valence-electron chi connectivity index (χ0n) is 17.5. The molecular formula is C25H27N3O2. The molecule has 1 unspecified atom stereocenters. The zero-order chi connectivity index (χ0) is 21.5. The van der Waals surface area contributed by atoms with Crippen molar-refractivity contribution < 1.29 is 9.59 Å². The van der Waals surface area contributed by atoms with Gasteiger partial charge in [-0.1, -0.05) is 42.5 Å². The quantitative estimate of drug-likeness (QED) is 0.530. The smallest absolute Gasteiger partial charge is 0.251 e. The highest BCUT2D eigenvalue weighted by molar-refractivity contribution is 5.96. The average molecular weight is 402 g/mol. The predicted octanol–water partition coefficient (Wildman–Crippen LogP) is 4.85. The Labute approximate surface area is 177 Å². The molecule has 2 amide bonds. The van der Waals surface area contributed by atoms with E-state index >= 15 is 0 Å². The Hall–Kier alpha value is -3.60. The molecule has 5 heteroatoms. The van der Waals surface area contributed by atoms with Gasteiger partial charge in [0, 0.05) is 16.9 Å². The van der Waals surface area contributed by atoms with Crippen LogP contribution in [0.5, 0.6) is 0 Å². The van der Waals surface area contributed by atoms with Crippen molar-refractivity contribution in [3.8, 4) is 0 Å². The van der Waals surface area contributed by atoms with Crippen molar-refractivity contribution in [1.82, 2.24) is 5.32 Å². The molecule has 3 aromatic carbocycles. The number of hydrogen-bond acceptors (Lipinski definition) is 3. The molecule has 0 spiro atoms. The average Bonchev–Trinajstić information content (AvgIpc) is 2.76. The number of carbonyl (C=O) groups excluding carboxylic acids is 2. The molecule has 0 bridgehead atoms. The van der Waals surface area contributed by atoms with E-state index in [9.17, 15) is 9.59 Å². The molecule has 3 aromatic rings. The lowest BCUT2D eigenvalue weighted by atomic mass is 10.1. The minimum atomic E-state index is -0.134. The lowest BCUT2D eigenvalue weighted by Gasteiger charge is -2.15. The summed E-state index contributed by atoms with van der Waals surface area (Å²) < 4.78 is 0. The Morgan fingerprint density at radius 3 is 2.27 bits per heavy atom. The van der Waals surface area contributed by atoms with Crippen molar-refractivity contribution in [2.45, 2.75) is 26.8 Å². The number of aryl methyl sites for hydroxylation is 1. The fraction of sp³-hybridized carbons (Fsp3) is 0.200. The number of anilines is 2. The van der Waals surface area contributed by atoms with Crippen molar-refractivity contribution in [1.29, 1.82) is 0 Å². The molecule has 0 aliphatic rings. The van der Waals surface area contributed by atoms with Gasteiger partial charge in [-0.15, -0.1) is 0 Å². The summed E-state index contributed by atoms with van der Waals surface area (Å²) in [7, 11) is 0. The first kappa shape index (κ1) is 21.1. The summed E-state index contributed by atoms with van der Waals surface area (Å²) in [5.74, 6) is -0.257. The van der Waals surface area contributed by atoms with Crippen LogP contribution in [-0.2, 0) is 4.79 Å². The van der Waals surface area contributed by atoms with Gasteiger partial charge in [0.25, 0.3) is 5.91 Å². The van der Waals surface area contributed by atoms with Crippen LogP contribution in [-0.4, -0.2) is 18.4 Å². The van der Waals surface area contributed by atoms with Gasteiger partial charge >= 0.3 is 0 Å². The van der Waals surface area contributed by atoms with Crippen LogP contribution in [0.1, 0.15) is 40.0 Å². The Morgan fingerprint density at radius 2 is 1.57 bits per heavy atom. The van der Waals surface area contributed by atoms with Gasteiger partial charge in [-0.05, 0) is 67.8 Å². The molecule has 3 N–H and O–H groups in total. The molecule has 0 saturated heterocycles. The van der Waals surface area contributed by atoms with Gasteiger partial charge < -0.3 is 16.0 Å². The van der Waals surface area contributed by atoms with Crippen molar-refractivity contribution in [2.24, 2.45) is 0 Å².